The summed E-state index contributed by atoms with van der Waals surface area (Å²) in [6.07, 6.45) is 6.91. The second kappa shape index (κ2) is 16.0. The number of carbonyl (C=O) groups is 1. The summed E-state index contributed by atoms with van der Waals surface area (Å²) in [5.74, 6) is -0.239. The summed E-state index contributed by atoms with van der Waals surface area (Å²) in [6, 6.07) is 0. The van der Waals surface area contributed by atoms with E-state index in [1.165, 1.54) is 6.08 Å². The van der Waals surface area contributed by atoms with Gasteiger partial charge in [0, 0.05) is 6.08 Å². The Bertz CT molecular complexity index is 149. The van der Waals surface area contributed by atoms with Crippen molar-refractivity contribution in [1.29, 1.82) is 0 Å². The number of hydrogen-bond donors (Lipinski definition) is 0. The molecule has 0 rings (SSSR count). The van der Waals surface area contributed by atoms with Crippen LogP contribution in [-0.2, 0) is 29.0 Å². The van der Waals surface area contributed by atoms with Crippen molar-refractivity contribution in [3.05, 3.63) is 19.1 Å². The third kappa shape index (κ3) is 15.1. The third-order valence-corrected chi connectivity index (χ3v) is 1.37. The molecule has 0 unspecified atom stereocenters. The summed E-state index contributed by atoms with van der Waals surface area (Å²) in [7, 11) is 0. The molecule has 0 aromatic heterocycles. The van der Waals surface area contributed by atoms with E-state index in [0.29, 0.717) is 6.61 Å². The summed E-state index contributed by atoms with van der Waals surface area (Å²) in [4.78, 5) is 10.9. The average Bonchev–Trinajstić information content (AvgIpc) is 2.06. The zero-order valence-corrected chi connectivity index (χ0v) is 13.9. The molecule has 2 nitrogen and oxygen atoms in total. The third-order valence-electron chi connectivity index (χ3n) is 1.37. The van der Waals surface area contributed by atoms with Gasteiger partial charge >= 0.3 is 25.4 Å². The first-order valence-electron chi connectivity index (χ1n) is 4.43. The fourth-order valence-electron chi connectivity index (χ4n) is 0.663. The molecule has 0 fully saturated rings. The van der Waals surface area contributed by atoms with E-state index in [-0.39, 0.29) is 49.4 Å². The number of esters is 1. The van der Waals surface area contributed by atoms with Gasteiger partial charge in [0.25, 0.3) is 0 Å². The molecule has 14 heavy (non-hydrogen) atoms. The minimum Gasteiger partial charge on any atom is -1.00 e. The number of carbonyl (C=O) groups excluding carboxylic acids is 1. The van der Waals surface area contributed by atoms with Crippen LogP contribution in [0.15, 0.2) is 12.2 Å². The molecule has 0 aliphatic carbocycles. The second-order valence-corrected chi connectivity index (χ2v) is 2.57. The molecule has 78 valence electrons. The minimum absolute atomic E-state index is 0. The van der Waals surface area contributed by atoms with E-state index < -0.39 is 0 Å². The van der Waals surface area contributed by atoms with Gasteiger partial charge in [-0.15, -0.1) is 0 Å². The van der Waals surface area contributed by atoms with Crippen LogP contribution in [0.4, 0.5) is 0 Å². The van der Waals surface area contributed by atoms with E-state index in [1.54, 1.807) is 6.08 Å². The normalized spacial score (nSPS) is 9.00. The molecular formula is C10H17IO2Zn. The Morgan fingerprint density at radius 1 is 1.50 bits per heavy atom. The Morgan fingerprint density at radius 3 is 2.64 bits per heavy atom. The fourth-order valence-corrected chi connectivity index (χ4v) is 0.663. The number of unbranched alkanes of at least 4 members (excludes halogenated alkanes) is 2. The van der Waals surface area contributed by atoms with Gasteiger partial charge < -0.3 is 35.6 Å². The van der Waals surface area contributed by atoms with Gasteiger partial charge in [-0.05, 0) is 6.42 Å². The van der Waals surface area contributed by atoms with E-state index in [0.717, 1.165) is 25.7 Å². The Labute approximate surface area is 117 Å². The van der Waals surface area contributed by atoms with Crippen molar-refractivity contribution >= 4 is 5.97 Å². The van der Waals surface area contributed by atoms with Crippen LogP contribution in [0.1, 0.15) is 32.6 Å². The predicted molar refractivity (Wildman–Crippen MR) is 49.6 cm³/mol. The van der Waals surface area contributed by atoms with Crippen LogP contribution in [0.5, 0.6) is 0 Å². The van der Waals surface area contributed by atoms with Gasteiger partial charge in [0.2, 0.25) is 0 Å². The molecule has 0 radical (unpaired) electrons. The van der Waals surface area contributed by atoms with Crippen LogP contribution in [0.3, 0.4) is 0 Å². The van der Waals surface area contributed by atoms with E-state index >= 15 is 0 Å². The van der Waals surface area contributed by atoms with Crippen LogP contribution >= 0.6 is 0 Å². The number of halogens is 1. The molecule has 0 aliphatic rings. The van der Waals surface area contributed by atoms with Gasteiger partial charge in [0.15, 0.2) is 0 Å². The van der Waals surface area contributed by atoms with Crippen molar-refractivity contribution in [3.63, 3.8) is 0 Å². The quantitative estimate of drug-likeness (QED) is 0.159. The molecule has 0 aromatic carbocycles. The first-order valence-corrected chi connectivity index (χ1v) is 4.43. The molecule has 0 aliphatic heterocycles. The number of hydrogen-bond acceptors (Lipinski definition) is 2. The molecule has 0 spiro atoms. The average molecular weight is 362 g/mol. The first kappa shape index (κ1) is 20.0. The summed E-state index contributed by atoms with van der Waals surface area (Å²) >= 11 is 0. The maximum absolute atomic E-state index is 10.9. The Morgan fingerprint density at radius 2 is 2.14 bits per heavy atom. The zero-order valence-electron chi connectivity index (χ0n) is 8.80. The largest absolute Gasteiger partial charge is 2.00 e. The maximum atomic E-state index is 10.9. The van der Waals surface area contributed by atoms with E-state index in [1.807, 2.05) is 0 Å². The topological polar surface area (TPSA) is 26.3 Å². The molecule has 0 aromatic rings. The molecule has 0 amide bonds. The van der Waals surface area contributed by atoms with E-state index in [2.05, 4.69) is 13.8 Å². The van der Waals surface area contributed by atoms with Gasteiger partial charge in [-0.2, -0.15) is 6.42 Å². The summed E-state index contributed by atoms with van der Waals surface area (Å²) in [5.41, 5.74) is 0. The van der Waals surface area contributed by atoms with E-state index in [9.17, 15) is 4.79 Å². The standard InChI is InChI=1S/C10H17O2.HI.Zn/c1-3-5-7-8-10(11)12-9-6-4-2;;/h7-8H,1,3-6,9H2,2H3;1H;/q-1;;+2/p-1. The van der Waals surface area contributed by atoms with Gasteiger partial charge in [0.05, 0.1) is 6.61 Å². The van der Waals surface area contributed by atoms with Gasteiger partial charge in [-0.3, -0.25) is 0 Å². The van der Waals surface area contributed by atoms with Crippen molar-refractivity contribution in [2.75, 3.05) is 6.61 Å². The van der Waals surface area contributed by atoms with Crippen LogP contribution < -0.4 is 24.0 Å². The minimum atomic E-state index is -0.239. The number of allylic oxidation sites excluding steroid dienone is 1. The molecule has 0 N–H and O–H groups in total. The molecule has 0 saturated heterocycles. The monoisotopic (exact) mass is 360 g/mol. The van der Waals surface area contributed by atoms with Gasteiger partial charge in [0.1, 0.15) is 0 Å². The molecule has 0 heterocycles. The SMILES string of the molecule is [CH2-]CCC=CC(=O)OCCCC.[I-].[Zn+2]. The maximum Gasteiger partial charge on any atom is 2.00 e. The smallest absolute Gasteiger partial charge is 1.00 e. The van der Waals surface area contributed by atoms with Crippen LogP contribution in [0.25, 0.3) is 0 Å². The van der Waals surface area contributed by atoms with Crippen molar-refractivity contribution in [3.8, 4) is 0 Å². The van der Waals surface area contributed by atoms with Crippen LogP contribution in [-0.4, -0.2) is 12.6 Å². The summed E-state index contributed by atoms with van der Waals surface area (Å²) in [5, 5.41) is 0. The van der Waals surface area contributed by atoms with Crippen molar-refractivity contribution in [2.45, 2.75) is 32.6 Å². The number of ether oxygens (including phenoxy) is 1. The van der Waals surface area contributed by atoms with Crippen molar-refractivity contribution < 1.29 is 53.0 Å². The van der Waals surface area contributed by atoms with Crippen molar-refractivity contribution in [1.82, 2.24) is 0 Å². The Kier molecular flexibility index (Phi) is 22.9. The molecule has 4 heteroatoms. The molecule has 0 bridgehead atoms. The molecule has 0 saturated carbocycles. The predicted octanol–water partition coefficient (Wildman–Crippen LogP) is -0.498. The second-order valence-electron chi connectivity index (χ2n) is 2.57. The first-order chi connectivity index (χ1) is 5.81. The fraction of sp³-hybridized carbons (Fsp3) is 0.600. The van der Waals surface area contributed by atoms with Gasteiger partial charge in [-0.25, -0.2) is 4.79 Å². The van der Waals surface area contributed by atoms with Crippen LogP contribution in [0, 0.1) is 6.92 Å². The molecular weight excluding hydrogens is 344 g/mol. The Balaban J connectivity index is -0.000000605. The Hall–Kier alpha value is 0.563. The zero-order chi connectivity index (χ0) is 9.23. The van der Waals surface area contributed by atoms with Crippen molar-refractivity contribution in [2.24, 2.45) is 0 Å². The summed E-state index contributed by atoms with van der Waals surface area (Å²) in [6.45, 7) is 6.25. The number of rotatable bonds is 6. The summed E-state index contributed by atoms with van der Waals surface area (Å²) < 4.78 is 4.88. The molecule has 0 atom stereocenters. The van der Waals surface area contributed by atoms with E-state index in [4.69, 9.17) is 4.74 Å². The van der Waals surface area contributed by atoms with Crippen LogP contribution in [0.2, 0.25) is 0 Å². The van der Waals surface area contributed by atoms with Gasteiger partial charge in [-0.1, -0.05) is 25.8 Å².